The number of amides is 2. The van der Waals surface area contributed by atoms with E-state index in [1.807, 2.05) is 0 Å². The normalized spacial score (nSPS) is 15.9. The Morgan fingerprint density at radius 3 is 2.59 bits per heavy atom. The highest BCUT2D eigenvalue weighted by Crippen LogP contribution is 2.30. The van der Waals surface area contributed by atoms with Gasteiger partial charge in [0, 0.05) is 18.7 Å². The maximum atomic E-state index is 12.3. The first kappa shape index (κ1) is 21.0. The zero-order valence-electron chi connectivity index (χ0n) is 15.5. The zero-order chi connectivity index (χ0) is 21.0. The third-order valence-electron chi connectivity index (χ3n) is 4.41. The number of nitrogens with zero attached hydrogens (tertiary/aromatic N) is 1. The van der Waals surface area contributed by atoms with Crippen molar-refractivity contribution < 1.29 is 23.9 Å². The molecule has 2 aromatic carbocycles. The van der Waals surface area contributed by atoms with Gasteiger partial charge in [0.05, 0.1) is 28.8 Å². The Hall–Kier alpha value is -2.77. The molecule has 152 valence electrons. The Balaban J connectivity index is 1.53. The van der Waals surface area contributed by atoms with E-state index in [9.17, 15) is 14.4 Å². The topological polar surface area (TPSA) is 84.9 Å². The molecule has 0 spiro atoms. The Labute approximate surface area is 177 Å². The molecule has 1 aliphatic heterocycles. The first-order valence-electron chi connectivity index (χ1n) is 8.74. The molecule has 0 aromatic heterocycles. The van der Waals surface area contributed by atoms with E-state index in [0.717, 1.165) is 0 Å². The summed E-state index contributed by atoms with van der Waals surface area (Å²) in [5.74, 6) is -1.33. The number of rotatable bonds is 6. The van der Waals surface area contributed by atoms with Gasteiger partial charge in [0.2, 0.25) is 5.91 Å². The van der Waals surface area contributed by atoms with E-state index in [-0.39, 0.29) is 23.9 Å². The van der Waals surface area contributed by atoms with Crippen molar-refractivity contribution in [3.8, 4) is 5.75 Å². The van der Waals surface area contributed by atoms with E-state index in [0.29, 0.717) is 22.1 Å². The van der Waals surface area contributed by atoms with Gasteiger partial charge in [0.15, 0.2) is 6.61 Å². The molecule has 9 heteroatoms. The van der Waals surface area contributed by atoms with Crippen LogP contribution in [0.3, 0.4) is 0 Å². The molecule has 0 saturated carbocycles. The number of carbonyl (C=O) groups excluding carboxylic acids is 3. The van der Waals surface area contributed by atoms with Gasteiger partial charge >= 0.3 is 5.97 Å². The van der Waals surface area contributed by atoms with Crippen LogP contribution in [0.15, 0.2) is 42.5 Å². The third kappa shape index (κ3) is 4.99. The molecule has 2 amide bonds. The molecular weight excluding hydrogens is 419 g/mol. The van der Waals surface area contributed by atoms with Crippen LogP contribution in [0.1, 0.15) is 6.42 Å². The van der Waals surface area contributed by atoms with Crippen molar-refractivity contribution in [3.63, 3.8) is 0 Å². The van der Waals surface area contributed by atoms with Crippen molar-refractivity contribution in [2.45, 2.75) is 6.42 Å². The summed E-state index contributed by atoms with van der Waals surface area (Å²) in [6, 6.07) is 11.8. The molecule has 1 aliphatic rings. The smallest absolute Gasteiger partial charge is 0.311 e. The minimum atomic E-state index is -0.646. The first-order valence-corrected chi connectivity index (χ1v) is 9.49. The highest BCUT2D eigenvalue weighted by Gasteiger charge is 2.36. The lowest BCUT2D eigenvalue weighted by Gasteiger charge is -2.17. The highest BCUT2D eigenvalue weighted by molar-refractivity contribution is 6.44. The molecule has 1 heterocycles. The monoisotopic (exact) mass is 436 g/mol. The molecule has 1 fully saturated rings. The van der Waals surface area contributed by atoms with Crippen LogP contribution in [-0.2, 0) is 19.1 Å². The fourth-order valence-corrected chi connectivity index (χ4v) is 3.27. The van der Waals surface area contributed by atoms with Crippen LogP contribution in [0.4, 0.5) is 11.4 Å². The van der Waals surface area contributed by atoms with Crippen LogP contribution in [0.2, 0.25) is 10.0 Å². The lowest BCUT2D eigenvalue weighted by molar-refractivity contribution is -0.151. The van der Waals surface area contributed by atoms with E-state index in [1.54, 1.807) is 49.6 Å². The van der Waals surface area contributed by atoms with Crippen molar-refractivity contribution in [1.29, 1.82) is 0 Å². The highest BCUT2D eigenvalue weighted by atomic mass is 35.5. The third-order valence-corrected chi connectivity index (χ3v) is 5.23. The summed E-state index contributed by atoms with van der Waals surface area (Å²) in [5, 5.41) is 3.02. The van der Waals surface area contributed by atoms with Gasteiger partial charge in [-0.3, -0.25) is 14.4 Å². The molecular formula is C20H18Cl2N2O5. The summed E-state index contributed by atoms with van der Waals surface area (Å²) < 4.78 is 10.2. The summed E-state index contributed by atoms with van der Waals surface area (Å²) in [7, 11) is 1.55. The van der Waals surface area contributed by atoms with E-state index < -0.39 is 24.4 Å². The lowest BCUT2D eigenvalue weighted by atomic mass is 10.1. The number of hydrogen-bond acceptors (Lipinski definition) is 5. The Kier molecular flexibility index (Phi) is 6.61. The summed E-state index contributed by atoms with van der Waals surface area (Å²) in [6.45, 7) is -0.305. The van der Waals surface area contributed by atoms with Gasteiger partial charge in [-0.25, -0.2) is 0 Å². The lowest BCUT2D eigenvalue weighted by Crippen LogP contribution is -2.28. The van der Waals surface area contributed by atoms with E-state index >= 15 is 0 Å². The standard InChI is InChI=1S/C20H18Cl2N2O5/c1-28-14-7-5-13(6-8-14)24-10-12(9-18(24)26)20(27)29-11-17(25)23-16-4-2-3-15(21)19(16)22/h2-8,12H,9-11H2,1H3,(H,23,25)/t12-/m1/s1. The fourth-order valence-electron chi connectivity index (χ4n) is 2.92. The largest absolute Gasteiger partial charge is 0.497 e. The van der Waals surface area contributed by atoms with Crippen LogP contribution >= 0.6 is 23.2 Å². The quantitative estimate of drug-likeness (QED) is 0.699. The molecule has 0 aliphatic carbocycles. The van der Waals surface area contributed by atoms with E-state index in [1.165, 1.54) is 4.90 Å². The number of anilines is 2. The summed E-state index contributed by atoms with van der Waals surface area (Å²) in [6.07, 6.45) is 0.0204. The van der Waals surface area contributed by atoms with E-state index in [2.05, 4.69) is 5.32 Å². The number of nitrogens with one attached hydrogen (secondary N) is 1. The van der Waals surface area contributed by atoms with Crippen LogP contribution < -0.4 is 15.0 Å². The second kappa shape index (κ2) is 9.15. The number of hydrogen-bond donors (Lipinski definition) is 1. The molecule has 1 N–H and O–H groups in total. The number of halogens is 2. The number of methoxy groups -OCH3 is 1. The second-order valence-corrected chi connectivity index (χ2v) is 7.15. The number of esters is 1. The number of carbonyl (C=O) groups is 3. The van der Waals surface area contributed by atoms with E-state index in [4.69, 9.17) is 32.7 Å². The Morgan fingerprint density at radius 2 is 1.90 bits per heavy atom. The molecule has 1 saturated heterocycles. The van der Waals surface area contributed by atoms with Crippen molar-refractivity contribution in [2.75, 3.05) is 30.5 Å². The Bertz CT molecular complexity index is 933. The van der Waals surface area contributed by atoms with Gasteiger partial charge in [-0.15, -0.1) is 0 Å². The van der Waals surface area contributed by atoms with Crippen molar-refractivity contribution >= 4 is 52.4 Å². The second-order valence-electron chi connectivity index (χ2n) is 6.36. The SMILES string of the molecule is COc1ccc(N2C[C@H](C(=O)OCC(=O)Nc3cccc(Cl)c3Cl)CC2=O)cc1. The molecule has 0 bridgehead atoms. The Morgan fingerprint density at radius 1 is 1.17 bits per heavy atom. The molecule has 3 rings (SSSR count). The fraction of sp³-hybridized carbons (Fsp3) is 0.250. The molecule has 0 radical (unpaired) electrons. The average molecular weight is 437 g/mol. The van der Waals surface area contributed by atoms with Crippen molar-refractivity contribution in [2.24, 2.45) is 5.92 Å². The minimum absolute atomic E-state index is 0.0204. The molecule has 7 nitrogen and oxygen atoms in total. The summed E-state index contributed by atoms with van der Waals surface area (Å²) >= 11 is 11.9. The predicted octanol–water partition coefficient (Wildman–Crippen LogP) is 3.54. The van der Waals surface area contributed by atoms with Gasteiger partial charge < -0.3 is 19.7 Å². The van der Waals surface area contributed by atoms with Crippen LogP contribution in [-0.4, -0.2) is 38.0 Å². The van der Waals surface area contributed by atoms with Gasteiger partial charge in [-0.1, -0.05) is 29.3 Å². The molecule has 0 unspecified atom stereocenters. The predicted molar refractivity (Wildman–Crippen MR) is 110 cm³/mol. The maximum Gasteiger partial charge on any atom is 0.311 e. The number of ether oxygens (including phenoxy) is 2. The summed E-state index contributed by atoms with van der Waals surface area (Å²) in [5.41, 5.74) is 0.987. The summed E-state index contributed by atoms with van der Waals surface area (Å²) in [4.78, 5) is 38.1. The minimum Gasteiger partial charge on any atom is -0.497 e. The van der Waals surface area contributed by atoms with Crippen molar-refractivity contribution in [3.05, 3.63) is 52.5 Å². The number of benzene rings is 2. The maximum absolute atomic E-state index is 12.3. The van der Waals surface area contributed by atoms with Crippen LogP contribution in [0.5, 0.6) is 5.75 Å². The molecule has 1 atom stereocenters. The van der Waals surface area contributed by atoms with Crippen LogP contribution in [0, 0.1) is 5.92 Å². The average Bonchev–Trinajstić information content (AvgIpc) is 3.11. The first-order chi connectivity index (χ1) is 13.9. The molecule has 2 aromatic rings. The van der Waals surface area contributed by atoms with Crippen molar-refractivity contribution in [1.82, 2.24) is 0 Å². The van der Waals surface area contributed by atoms with Gasteiger partial charge in [0.25, 0.3) is 5.91 Å². The molecule has 29 heavy (non-hydrogen) atoms. The van der Waals surface area contributed by atoms with Crippen LogP contribution in [0.25, 0.3) is 0 Å². The zero-order valence-corrected chi connectivity index (χ0v) is 17.0. The van der Waals surface area contributed by atoms with Gasteiger partial charge in [0.1, 0.15) is 5.75 Å². The van der Waals surface area contributed by atoms with Gasteiger partial charge in [-0.05, 0) is 36.4 Å². The van der Waals surface area contributed by atoms with Gasteiger partial charge in [-0.2, -0.15) is 0 Å².